The molecule has 0 aliphatic carbocycles. The van der Waals surface area contributed by atoms with E-state index in [1.54, 1.807) is 22.7 Å². The lowest BCUT2D eigenvalue weighted by Crippen LogP contribution is -2.37. The van der Waals surface area contributed by atoms with Crippen LogP contribution in [0.5, 0.6) is 0 Å². The van der Waals surface area contributed by atoms with Crippen LogP contribution in [0.15, 0.2) is 27.7 Å². The summed E-state index contributed by atoms with van der Waals surface area (Å²) in [6, 6.07) is 4.63. The molecule has 3 aromatic rings. The van der Waals surface area contributed by atoms with Gasteiger partial charge in [-0.3, -0.25) is 9.69 Å². The van der Waals surface area contributed by atoms with Crippen LogP contribution in [-0.2, 0) is 6.54 Å². The molecule has 1 fully saturated rings. The van der Waals surface area contributed by atoms with E-state index in [0.717, 1.165) is 39.6 Å². The molecule has 1 N–H and O–H groups in total. The van der Waals surface area contributed by atoms with Crippen LogP contribution in [0.2, 0.25) is 0 Å². The van der Waals surface area contributed by atoms with Crippen molar-refractivity contribution in [2.45, 2.75) is 38.8 Å². The number of fused-ring (bicyclic) bond motifs is 1. The molecule has 4 heterocycles. The summed E-state index contributed by atoms with van der Waals surface area (Å²) >= 11 is 3.22. The summed E-state index contributed by atoms with van der Waals surface area (Å²) in [4.78, 5) is 24.7. The molecular weight excluding hydrogens is 326 g/mol. The molecule has 0 bridgehead atoms. The molecular formula is C17H19N3OS2. The number of nitrogens with one attached hydrogen (secondary N) is 1. The Morgan fingerprint density at radius 3 is 3.09 bits per heavy atom. The van der Waals surface area contributed by atoms with E-state index >= 15 is 0 Å². The maximum absolute atomic E-state index is 12.6. The molecule has 0 spiro atoms. The Labute approximate surface area is 142 Å². The van der Waals surface area contributed by atoms with E-state index in [0.29, 0.717) is 6.04 Å². The van der Waals surface area contributed by atoms with Gasteiger partial charge in [-0.1, -0.05) is 12.5 Å². The van der Waals surface area contributed by atoms with Gasteiger partial charge >= 0.3 is 0 Å². The van der Waals surface area contributed by atoms with Crippen molar-refractivity contribution < 1.29 is 0 Å². The van der Waals surface area contributed by atoms with Gasteiger partial charge in [0.05, 0.1) is 11.9 Å². The number of hydrogen-bond donors (Lipinski definition) is 1. The first-order valence-electron chi connectivity index (χ1n) is 8.00. The van der Waals surface area contributed by atoms with Crippen LogP contribution in [-0.4, -0.2) is 27.5 Å². The molecule has 4 rings (SSSR count). The van der Waals surface area contributed by atoms with E-state index in [4.69, 9.17) is 4.98 Å². The predicted octanol–water partition coefficient (Wildman–Crippen LogP) is 4.09. The molecule has 1 aliphatic rings. The van der Waals surface area contributed by atoms with Gasteiger partial charge in [0.15, 0.2) is 0 Å². The second-order valence-electron chi connectivity index (χ2n) is 6.13. The van der Waals surface area contributed by atoms with Crippen LogP contribution in [0.25, 0.3) is 20.7 Å². The number of thiophene rings is 2. The van der Waals surface area contributed by atoms with Crippen molar-refractivity contribution in [1.29, 1.82) is 0 Å². The van der Waals surface area contributed by atoms with E-state index in [2.05, 4.69) is 22.9 Å². The Bertz CT molecular complexity index is 866. The summed E-state index contributed by atoms with van der Waals surface area (Å²) in [6.07, 6.45) is 3.77. The minimum Gasteiger partial charge on any atom is -0.309 e. The van der Waals surface area contributed by atoms with Crippen LogP contribution in [0.1, 0.15) is 32.0 Å². The van der Waals surface area contributed by atoms with E-state index in [1.165, 1.54) is 19.3 Å². The molecule has 0 amide bonds. The quantitative estimate of drug-likeness (QED) is 0.778. The SMILES string of the molecule is CC1CCCCN1Cc1nc2scc(-c3cccs3)c2c(=O)[nH]1. The Kier molecular flexibility index (Phi) is 4.05. The fraction of sp³-hybridized carbons (Fsp3) is 0.412. The summed E-state index contributed by atoms with van der Waals surface area (Å²) in [5.74, 6) is 0.788. The Balaban J connectivity index is 1.70. The molecule has 23 heavy (non-hydrogen) atoms. The first kappa shape index (κ1) is 15.1. The van der Waals surface area contributed by atoms with Gasteiger partial charge in [0, 0.05) is 21.9 Å². The number of hydrogen-bond acceptors (Lipinski definition) is 5. The van der Waals surface area contributed by atoms with Crippen molar-refractivity contribution in [3.8, 4) is 10.4 Å². The molecule has 0 radical (unpaired) electrons. The topological polar surface area (TPSA) is 49.0 Å². The molecule has 1 aliphatic heterocycles. The molecule has 120 valence electrons. The van der Waals surface area contributed by atoms with Gasteiger partial charge < -0.3 is 4.98 Å². The average Bonchev–Trinajstić information content (AvgIpc) is 3.18. The van der Waals surface area contributed by atoms with Crippen LogP contribution in [0.4, 0.5) is 0 Å². The lowest BCUT2D eigenvalue weighted by atomic mass is 10.0. The highest BCUT2D eigenvalue weighted by Crippen LogP contribution is 2.33. The van der Waals surface area contributed by atoms with Crippen LogP contribution in [0.3, 0.4) is 0 Å². The second-order valence-corrected chi connectivity index (χ2v) is 7.94. The van der Waals surface area contributed by atoms with Crippen molar-refractivity contribution in [3.63, 3.8) is 0 Å². The van der Waals surface area contributed by atoms with Crippen LogP contribution < -0.4 is 5.56 Å². The molecule has 0 aromatic carbocycles. The van der Waals surface area contributed by atoms with Crippen molar-refractivity contribution in [2.24, 2.45) is 0 Å². The molecule has 1 atom stereocenters. The molecule has 1 saturated heterocycles. The highest BCUT2D eigenvalue weighted by molar-refractivity contribution is 7.18. The maximum atomic E-state index is 12.6. The Hall–Kier alpha value is -1.50. The normalized spacial score (nSPS) is 19.4. The first-order chi connectivity index (χ1) is 11.2. The van der Waals surface area contributed by atoms with Crippen molar-refractivity contribution in [1.82, 2.24) is 14.9 Å². The number of likely N-dealkylation sites (tertiary alicyclic amines) is 1. The number of aromatic nitrogens is 2. The number of rotatable bonds is 3. The van der Waals surface area contributed by atoms with Crippen LogP contribution >= 0.6 is 22.7 Å². The molecule has 6 heteroatoms. The third-order valence-corrected chi connectivity index (χ3v) is 6.35. The fourth-order valence-electron chi connectivity index (χ4n) is 3.27. The zero-order valence-corrected chi connectivity index (χ0v) is 14.7. The van der Waals surface area contributed by atoms with E-state index < -0.39 is 0 Å². The number of nitrogens with zero attached hydrogens (tertiary/aromatic N) is 2. The molecule has 0 saturated carbocycles. The fourth-order valence-corrected chi connectivity index (χ4v) is 5.05. The lowest BCUT2D eigenvalue weighted by Gasteiger charge is -2.32. The zero-order valence-electron chi connectivity index (χ0n) is 13.0. The third-order valence-electron chi connectivity index (χ3n) is 4.57. The second kappa shape index (κ2) is 6.19. The van der Waals surface area contributed by atoms with Gasteiger partial charge in [-0.05, 0) is 37.8 Å². The van der Waals surface area contributed by atoms with Crippen molar-refractivity contribution in [3.05, 3.63) is 39.1 Å². The van der Waals surface area contributed by atoms with Gasteiger partial charge in [0.2, 0.25) is 0 Å². The molecule has 3 aromatic heterocycles. The Morgan fingerprint density at radius 2 is 2.30 bits per heavy atom. The van der Waals surface area contributed by atoms with E-state index in [9.17, 15) is 4.79 Å². The van der Waals surface area contributed by atoms with Gasteiger partial charge in [-0.15, -0.1) is 22.7 Å². The van der Waals surface area contributed by atoms with Gasteiger partial charge in [0.25, 0.3) is 5.56 Å². The lowest BCUT2D eigenvalue weighted by molar-refractivity contribution is 0.149. The maximum Gasteiger partial charge on any atom is 0.260 e. The predicted molar refractivity (Wildman–Crippen MR) is 97.3 cm³/mol. The van der Waals surface area contributed by atoms with Gasteiger partial charge in [0.1, 0.15) is 10.7 Å². The van der Waals surface area contributed by atoms with E-state index in [1.807, 2.05) is 16.8 Å². The highest BCUT2D eigenvalue weighted by Gasteiger charge is 2.20. The zero-order chi connectivity index (χ0) is 15.8. The molecule has 1 unspecified atom stereocenters. The summed E-state index contributed by atoms with van der Waals surface area (Å²) in [7, 11) is 0. The minimum absolute atomic E-state index is 0.0145. The van der Waals surface area contributed by atoms with Crippen molar-refractivity contribution >= 4 is 32.9 Å². The van der Waals surface area contributed by atoms with E-state index in [-0.39, 0.29) is 5.56 Å². The summed E-state index contributed by atoms with van der Waals surface area (Å²) in [6.45, 7) is 4.09. The number of aromatic amines is 1. The van der Waals surface area contributed by atoms with Crippen LogP contribution in [0, 0.1) is 0 Å². The number of piperidine rings is 1. The Morgan fingerprint density at radius 1 is 1.39 bits per heavy atom. The summed E-state index contributed by atoms with van der Waals surface area (Å²) < 4.78 is 0. The standard InChI is InChI=1S/C17H19N3OS2/c1-11-5-2-3-7-20(11)9-14-18-16(21)15-12(10-23-17(15)19-14)13-6-4-8-22-13/h4,6,8,10-11H,2-3,5,7,9H2,1H3,(H,18,19,21). The number of H-pyrrole nitrogens is 1. The summed E-state index contributed by atoms with van der Waals surface area (Å²) in [5.41, 5.74) is 0.992. The smallest absolute Gasteiger partial charge is 0.260 e. The van der Waals surface area contributed by atoms with Gasteiger partial charge in [-0.25, -0.2) is 4.98 Å². The minimum atomic E-state index is -0.0145. The third kappa shape index (κ3) is 2.86. The molecule has 4 nitrogen and oxygen atoms in total. The first-order valence-corrected chi connectivity index (χ1v) is 9.76. The van der Waals surface area contributed by atoms with Gasteiger partial charge in [-0.2, -0.15) is 0 Å². The summed E-state index contributed by atoms with van der Waals surface area (Å²) in [5, 5.41) is 4.81. The largest absolute Gasteiger partial charge is 0.309 e. The average molecular weight is 345 g/mol. The van der Waals surface area contributed by atoms with Crippen molar-refractivity contribution in [2.75, 3.05) is 6.54 Å². The highest BCUT2D eigenvalue weighted by atomic mass is 32.1. The monoisotopic (exact) mass is 345 g/mol.